The third kappa shape index (κ3) is 2.61. The van der Waals surface area contributed by atoms with Crippen molar-refractivity contribution in [1.82, 2.24) is 4.31 Å². The van der Waals surface area contributed by atoms with E-state index >= 15 is 0 Å². The first-order valence-electron chi connectivity index (χ1n) is 4.94. The van der Waals surface area contributed by atoms with Crippen molar-refractivity contribution in [2.24, 2.45) is 0 Å². The summed E-state index contributed by atoms with van der Waals surface area (Å²) < 4.78 is 26.9. The van der Waals surface area contributed by atoms with Crippen molar-refractivity contribution in [3.8, 4) is 0 Å². The molecule has 1 aliphatic heterocycles. The topological polar surface area (TPSA) is 37.4 Å². The predicted octanol–water partition coefficient (Wildman–Crippen LogP) is 2.19. The van der Waals surface area contributed by atoms with E-state index in [1.807, 2.05) is 0 Å². The van der Waals surface area contributed by atoms with Crippen molar-refractivity contribution in [1.29, 1.82) is 0 Å². The Morgan fingerprint density at radius 3 is 2.25 bits per heavy atom. The average molecular weight is 322 g/mol. The minimum absolute atomic E-state index is 0.377. The fourth-order valence-corrected chi connectivity index (χ4v) is 4.38. The van der Waals surface area contributed by atoms with Gasteiger partial charge in [-0.2, -0.15) is 16.1 Å². The van der Waals surface area contributed by atoms with Crippen molar-refractivity contribution in [3.63, 3.8) is 0 Å². The van der Waals surface area contributed by atoms with Crippen LogP contribution in [0.25, 0.3) is 0 Å². The van der Waals surface area contributed by atoms with Gasteiger partial charge in [0.2, 0.25) is 10.0 Å². The van der Waals surface area contributed by atoms with E-state index in [0.717, 1.165) is 16.0 Å². The lowest BCUT2D eigenvalue weighted by atomic mass is 10.4. The minimum atomic E-state index is -3.28. The van der Waals surface area contributed by atoms with Gasteiger partial charge in [0.25, 0.3) is 0 Å². The molecular formula is C10H12BrNO2S2. The Bertz CT molecular complexity index is 452. The van der Waals surface area contributed by atoms with Gasteiger partial charge >= 0.3 is 0 Å². The number of benzene rings is 1. The Labute approximate surface area is 108 Å². The predicted molar refractivity (Wildman–Crippen MR) is 70.2 cm³/mol. The zero-order valence-electron chi connectivity index (χ0n) is 8.60. The lowest BCUT2D eigenvalue weighted by Gasteiger charge is -2.25. The first-order chi connectivity index (χ1) is 7.60. The van der Waals surface area contributed by atoms with Gasteiger partial charge in [0, 0.05) is 29.1 Å². The molecule has 88 valence electrons. The monoisotopic (exact) mass is 321 g/mol. The number of hydrogen-bond acceptors (Lipinski definition) is 3. The van der Waals surface area contributed by atoms with Gasteiger partial charge in [-0.05, 0) is 24.3 Å². The molecule has 0 radical (unpaired) electrons. The van der Waals surface area contributed by atoms with E-state index < -0.39 is 10.0 Å². The fourth-order valence-electron chi connectivity index (χ4n) is 1.54. The molecule has 0 aliphatic carbocycles. The van der Waals surface area contributed by atoms with Gasteiger partial charge in [-0.1, -0.05) is 15.9 Å². The van der Waals surface area contributed by atoms with Crippen molar-refractivity contribution in [2.45, 2.75) is 4.90 Å². The molecule has 0 atom stereocenters. The smallest absolute Gasteiger partial charge is 0.207 e. The van der Waals surface area contributed by atoms with Crippen LogP contribution in [0.1, 0.15) is 0 Å². The van der Waals surface area contributed by atoms with Crippen molar-refractivity contribution in [2.75, 3.05) is 24.6 Å². The molecule has 0 saturated carbocycles. The van der Waals surface area contributed by atoms with Gasteiger partial charge in [-0.25, -0.2) is 8.42 Å². The summed E-state index contributed by atoms with van der Waals surface area (Å²) in [7, 11) is -3.28. The third-order valence-electron chi connectivity index (χ3n) is 2.42. The number of hydrogen-bond donors (Lipinski definition) is 0. The highest BCUT2D eigenvalue weighted by Crippen LogP contribution is 2.21. The van der Waals surface area contributed by atoms with E-state index in [-0.39, 0.29) is 0 Å². The highest BCUT2D eigenvalue weighted by atomic mass is 79.9. The average Bonchev–Trinajstić information content (AvgIpc) is 2.31. The Balaban J connectivity index is 2.27. The normalized spacial score (nSPS) is 18.6. The summed E-state index contributed by atoms with van der Waals surface area (Å²) in [6.45, 7) is 1.23. The van der Waals surface area contributed by atoms with E-state index in [4.69, 9.17) is 0 Å². The first-order valence-corrected chi connectivity index (χ1v) is 8.33. The number of halogens is 1. The molecule has 0 N–H and O–H groups in total. The summed E-state index contributed by atoms with van der Waals surface area (Å²) in [5, 5.41) is 0. The van der Waals surface area contributed by atoms with Crippen LogP contribution in [0.5, 0.6) is 0 Å². The number of sulfonamides is 1. The van der Waals surface area contributed by atoms with Gasteiger partial charge in [-0.15, -0.1) is 0 Å². The van der Waals surface area contributed by atoms with Crippen molar-refractivity contribution < 1.29 is 8.42 Å². The van der Waals surface area contributed by atoms with Gasteiger partial charge in [-0.3, -0.25) is 0 Å². The van der Waals surface area contributed by atoms with E-state index in [0.29, 0.717) is 18.0 Å². The highest BCUT2D eigenvalue weighted by Gasteiger charge is 2.25. The van der Waals surface area contributed by atoms with Crippen LogP contribution in [0.2, 0.25) is 0 Å². The molecular weight excluding hydrogens is 310 g/mol. The lowest BCUT2D eigenvalue weighted by Crippen LogP contribution is -2.37. The molecule has 1 aliphatic rings. The van der Waals surface area contributed by atoms with Gasteiger partial charge in [0.05, 0.1) is 4.90 Å². The van der Waals surface area contributed by atoms with Crippen LogP contribution in [0.3, 0.4) is 0 Å². The zero-order chi connectivity index (χ0) is 11.6. The van der Waals surface area contributed by atoms with Crippen molar-refractivity contribution in [3.05, 3.63) is 28.7 Å². The highest BCUT2D eigenvalue weighted by molar-refractivity contribution is 9.10. The maximum Gasteiger partial charge on any atom is 0.243 e. The second-order valence-corrected chi connectivity index (χ2v) is 7.55. The Morgan fingerprint density at radius 2 is 1.69 bits per heavy atom. The zero-order valence-corrected chi connectivity index (χ0v) is 11.8. The summed E-state index contributed by atoms with van der Waals surface area (Å²) in [4.78, 5) is 0.377. The SMILES string of the molecule is O=S(=O)(c1ccc(Br)cc1)N1CCSCC1. The van der Waals surface area contributed by atoms with Gasteiger partial charge in [0.1, 0.15) is 0 Å². The molecule has 16 heavy (non-hydrogen) atoms. The quantitative estimate of drug-likeness (QED) is 0.838. The minimum Gasteiger partial charge on any atom is -0.207 e. The number of nitrogens with zero attached hydrogens (tertiary/aromatic N) is 1. The summed E-state index contributed by atoms with van der Waals surface area (Å²) >= 11 is 5.10. The van der Waals surface area contributed by atoms with Crippen LogP contribution >= 0.6 is 27.7 Å². The van der Waals surface area contributed by atoms with Crippen LogP contribution in [-0.4, -0.2) is 37.3 Å². The van der Waals surface area contributed by atoms with E-state index in [9.17, 15) is 8.42 Å². The molecule has 1 heterocycles. The van der Waals surface area contributed by atoms with Crippen molar-refractivity contribution >= 4 is 37.7 Å². The second kappa shape index (κ2) is 5.08. The van der Waals surface area contributed by atoms with Crippen LogP contribution in [0.15, 0.2) is 33.6 Å². The van der Waals surface area contributed by atoms with Crippen LogP contribution in [0.4, 0.5) is 0 Å². The van der Waals surface area contributed by atoms with E-state index in [1.165, 1.54) is 0 Å². The summed E-state index contributed by atoms with van der Waals surface area (Å²) in [5.41, 5.74) is 0. The molecule has 1 saturated heterocycles. The molecule has 1 fully saturated rings. The molecule has 0 bridgehead atoms. The van der Waals surface area contributed by atoms with E-state index in [1.54, 1.807) is 40.3 Å². The standard InChI is InChI=1S/C10H12BrNO2S2/c11-9-1-3-10(4-2-9)16(13,14)12-5-7-15-8-6-12/h1-4H,5-8H2. The molecule has 0 spiro atoms. The summed E-state index contributed by atoms with van der Waals surface area (Å²) in [5.74, 6) is 1.77. The fraction of sp³-hybridized carbons (Fsp3) is 0.400. The van der Waals surface area contributed by atoms with Crippen LogP contribution < -0.4 is 0 Å². The second-order valence-electron chi connectivity index (χ2n) is 3.47. The number of thioether (sulfide) groups is 1. The Kier molecular flexibility index (Phi) is 3.94. The Hall–Kier alpha value is -0.0400. The summed E-state index contributed by atoms with van der Waals surface area (Å²) in [6.07, 6.45) is 0. The molecule has 1 aromatic carbocycles. The molecule has 6 heteroatoms. The molecule has 2 rings (SSSR count). The third-order valence-corrected chi connectivity index (χ3v) is 5.81. The number of rotatable bonds is 2. The first kappa shape index (κ1) is 12.4. The lowest BCUT2D eigenvalue weighted by molar-refractivity contribution is 0.443. The van der Waals surface area contributed by atoms with Gasteiger partial charge < -0.3 is 0 Å². The van der Waals surface area contributed by atoms with E-state index in [2.05, 4.69) is 15.9 Å². The largest absolute Gasteiger partial charge is 0.243 e. The molecule has 3 nitrogen and oxygen atoms in total. The molecule has 0 aromatic heterocycles. The molecule has 0 amide bonds. The molecule has 1 aromatic rings. The Morgan fingerprint density at radius 1 is 1.12 bits per heavy atom. The van der Waals surface area contributed by atoms with Crippen LogP contribution in [-0.2, 0) is 10.0 Å². The molecule has 0 unspecified atom stereocenters. The summed E-state index contributed by atoms with van der Waals surface area (Å²) in [6, 6.07) is 6.79. The van der Waals surface area contributed by atoms with Crippen LogP contribution in [0, 0.1) is 0 Å². The maximum absolute atomic E-state index is 12.2. The maximum atomic E-state index is 12.2. The van der Waals surface area contributed by atoms with Gasteiger partial charge in [0.15, 0.2) is 0 Å².